The quantitative estimate of drug-likeness (QED) is 0.740. The lowest BCUT2D eigenvalue weighted by Gasteiger charge is -2.17. The van der Waals surface area contributed by atoms with Gasteiger partial charge in [-0.25, -0.2) is 0 Å². The van der Waals surface area contributed by atoms with Gasteiger partial charge in [-0.2, -0.15) is 0 Å². The topological polar surface area (TPSA) is 67.4 Å². The zero-order valence-corrected chi connectivity index (χ0v) is 15.2. The third-order valence-corrected chi connectivity index (χ3v) is 4.69. The minimum absolute atomic E-state index is 0.234. The molecule has 0 spiro atoms. The number of rotatable bonds is 7. The maximum absolute atomic E-state index is 12.7. The number of nitrogens with one attached hydrogen (secondary N) is 2. The number of anilines is 2. The van der Waals surface area contributed by atoms with Crippen molar-refractivity contribution in [2.45, 2.75) is 33.1 Å². The van der Waals surface area contributed by atoms with Crippen molar-refractivity contribution < 1.29 is 14.3 Å². The van der Waals surface area contributed by atoms with Crippen LogP contribution in [0.1, 0.15) is 32.3 Å². The van der Waals surface area contributed by atoms with E-state index in [1.807, 2.05) is 38.1 Å². The first kappa shape index (κ1) is 18.0. The molecule has 0 heterocycles. The molecule has 3 rings (SSSR count). The van der Waals surface area contributed by atoms with Crippen molar-refractivity contribution in [1.29, 1.82) is 0 Å². The Morgan fingerprint density at radius 3 is 2.23 bits per heavy atom. The minimum Gasteiger partial charge on any atom is -0.494 e. The predicted molar refractivity (Wildman–Crippen MR) is 102 cm³/mol. The van der Waals surface area contributed by atoms with Crippen LogP contribution in [-0.4, -0.2) is 18.4 Å². The van der Waals surface area contributed by atoms with Crippen LogP contribution in [-0.2, 0) is 16.0 Å². The van der Waals surface area contributed by atoms with E-state index in [0.717, 1.165) is 23.4 Å². The second-order valence-corrected chi connectivity index (χ2v) is 6.46. The largest absolute Gasteiger partial charge is 0.494 e. The van der Waals surface area contributed by atoms with Gasteiger partial charge in [0.2, 0.25) is 11.8 Å². The summed E-state index contributed by atoms with van der Waals surface area (Å²) in [6.07, 6.45) is 1.95. The van der Waals surface area contributed by atoms with Gasteiger partial charge in [0.1, 0.15) is 11.2 Å². The van der Waals surface area contributed by atoms with Gasteiger partial charge in [0.25, 0.3) is 0 Å². The molecule has 1 aliphatic carbocycles. The van der Waals surface area contributed by atoms with E-state index in [-0.39, 0.29) is 11.8 Å². The zero-order chi connectivity index (χ0) is 18.6. The van der Waals surface area contributed by atoms with E-state index in [1.165, 1.54) is 0 Å². The minimum atomic E-state index is -0.973. The van der Waals surface area contributed by atoms with Gasteiger partial charge in [0, 0.05) is 11.4 Å². The maximum Gasteiger partial charge on any atom is 0.240 e. The molecule has 1 aliphatic rings. The monoisotopic (exact) mass is 352 g/mol. The number of hydrogen-bond acceptors (Lipinski definition) is 3. The number of para-hydroxylation sites is 1. The Morgan fingerprint density at radius 1 is 0.962 bits per heavy atom. The van der Waals surface area contributed by atoms with Gasteiger partial charge in [-0.05, 0) is 62.1 Å². The van der Waals surface area contributed by atoms with Crippen molar-refractivity contribution in [2.24, 2.45) is 5.41 Å². The lowest BCUT2D eigenvalue weighted by molar-refractivity contribution is -0.131. The first-order valence-corrected chi connectivity index (χ1v) is 9.02. The van der Waals surface area contributed by atoms with Crippen LogP contribution in [0.4, 0.5) is 11.4 Å². The van der Waals surface area contributed by atoms with E-state index >= 15 is 0 Å². The van der Waals surface area contributed by atoms with Crippen molar-refractivity contribution in [2.75, 3.05) is 17.2 Å². The van der Waals surface area contributed by atoms with E-state index in [9.17, 15) is 9.59 Å². The molecule has 0 atom stereocenters. The van der Waals surface area contributed by atoms with Gasteiger partial charge in [-0.1, -0.05) is 25.1 Å². The summed E-state index contributed by atoms with van der Waals surface area (Å²) in [7, 11) is 0. The number of carbonyl (C=O) groups excluding carboxylic acids is 2. The summed E-state index contributed by atoms with van der Waals surface area (Å²) in [5.74, 6) is 0.260. The van der Waals surface area contributed by atoms with Gasteiger partial charge in [-0.15, -0.1) is 0 Å². The van der Waals surface area contributed by atoms with Gasteiger partial charge < -0.3 is 15.4 Å². The van der Waals surface area contributed by atoms with Gasteiger partial charge >= 0.3 is 0 Å². The van der Waals surface area contributed by atoms with Gasteiger partial charge in [-0.3, -0.25) is 9.59 Å². The molecule has 2 aromatic carbocycles. The fourth-order valence-electron chi connectivity index (χ4n) is 2.93. The summed E-state index contributed by atoms with van der Waals surface area (Å²) < 4.78 is 5.40. The Hall–Kier alpha value is -2.82. The van der Waals surface area contributed by atoms with Crippen molar-refractivity contribution in [1.82, 2.24) is 0 Å². The van der Waals surface area contributed by atoms with Crippen LogP contribution in [0.5, 0.6) is 5.75 Å². The van der Waals surface area contributed by atoms with Crippen LogP contribution >= 0.6 is 0 Å². The molecule has 2 aromatic rings. The molecule has 26 heavy (non-hydrogen) atoms. The molecule has 0 aromatic heterocycles. The molecule has 1 saturated carbocycles. The van der Waals surface area contributed by atoms with E-state index in [0.29, 0.717) is 25.1 Å². The highest BCUT2D eigenvalue weighted by Crippen LogP contribution is 2.47. The Bertz CT molecular complexity index is 795. The predicted octanol–water partition coefficient (Wildman–Crippen LogP) is 4.01. The third kappa shape index (κ3) is 3.72. The summed E-state index contributed by atoms with van der Waals surface area (Å²) in [5.41, 5.74) is 1.52. The Morgan fingerprint density at radius 2 is 1.62 bits per heavy atom. The van der Waals surface area contributed by atoms with Crippen molar-refractivity contribution in [3.63, 3.8) is 0 Å². The highest BCUT2D eigenvalue weighted by Gasteiger charge is 2.56. The average molecular weight is 352 g/mol. The normalized spacial score (nSPS) is 14.4. The van der Waals surface area contributed by atoms with E-state index in [2.05, 4.69) is 10.6 Å². The van der Waals surface area contributed by atoms with Crippen LogP contribution in [0.15, 0.2) is 48.5 Å². The first-order chi connectivity index (χ1) is 12.6. The second-order valence-electron chi connectivity index (χ2n) is 6.46. The Labute approximate surface area is 153 Å². The molecule has 0 bridgehead atoms. The summed E-state index contributed by atoms with van der Waals surface area (Å²) in [6, 6.07) is 14.8. The Kier molecular flexibility index (Phi) is 5.26. The summed E-state index contributed by atoms with van der Waals surface area (Å²) in [5, 5.41) is 5.79. The van der Waals surface area contributed by atoms with Crippen LogP contribution in [0.3, 0.4) is 0 Å². The third-order valence-electron chi connectivity index (χ3n) is 4.69. The Balaban J connectivity index is 1.67. The van der Waals surface area contributed by atoms with E-state index in [4.69, 9.17) is 4.74 Å². The van der Waals surface area contributed by atoms with Crippen molar-refractivity contribution in [3.05, 3.63) is 54.1 Å². The second kappa shape index (κ2) is 7.60. The first-order valence-electron chi connectivity index (χ1n) is 9.02. The van der Waals surface area contributed by atoms with Crippen molar-refractivity contribution in [3.8, 4) is 5.75 Å². The van der Waals surface area contributed by atoms with Crippen molar-refractivity contribution >= 4 is 23.2 Å². The van der Waals surface area contributed by atoms with E-state index in [1.54, 1.807) is 24.3 Å². The molecule has 1 fully saturated rings. The molecular formula is C21H24N2O3. The van der Waals surface area contributed by atoms with E-state index < -0.39 is 5.41 Å². The zero-order valence-electron chi connectivity index (χ0n) is 15.2. The average Bonchev–Trinajstić information content (AvgIpc) is 3.46. The number of carbonyl (C=O) groups is 2. The summed E-state index contributed by atoms with van der Waals surface area (Å²) >= 11 is 0. The lowest BCUT2D eigenvalue weighted by Crippen LogP contribution is -2.35. The smallest absolute Gasteiger partial charge is 0.240 e. The fourth-order valence-corrected chi connectivity index (χ4v) is 2.93. The molecule has 2 amide bonds. The standard InChI is InChI=1S/C21H24N2O3/c1-3-15-7-5-6-8-18(15)23-20(25)21(13-14-21)19(24)22-16-9-11-17(12-10-16)26-4-2/h5-12H,3-4,13-14H2,1-2H3,(H,22,24)(H,23,25). The number of ether oxygens (including phenoxy) is 1. The van der Waals surface area contributed by atoms with Crippen LogP contribution < -0.4 is 15.4 Å². The molecule has 136 valence electrons. The summed E-state index contributed by atoms with van der Waals surface area (Å²) in [4.78, 5) is 25.4. The number of aryl methyl sites for hydroxylation is 1. The number of hydrogen-bond donors (Lipinski definition) is 2. The molecule has 5 nitrogen and oxygen atoms in total. The fraction of sp³-hybridized carbons (Fsp3) is 0.333. The highest BCUT2D eigenvalue weighted by atomic mass is 16.5. The highest BCUT2D eigenvalue weighted by molar-refractivity contribution is 6.17. The van der Waals surface area contributed by atoms with Crippen LogP contribution in [0.2, 0.25) is 0 Å². The maximum atomic E-state index is 12.7. The molecule has 5 heteroatoms. The molecule has 0 radical (unpaired) electrons. The molecule has 0 unspecified atom stereocenters. The number of amides is 2. The molecule has 0 saturated heterocycles. The van der Waals surface area contributed by atoms with Gasteiger partial charge in [0.05, 0.1) is 6.61 Å². The molecule has 0 aliphatic heterocycles. The molecular weight excluding hydrogens is 328 g/mol. The SMILES string of the molecule is CCOc1ccc(NC(=O)C2(C(=O)Nc3ccccc3CC)CC2)cc1. The van der Waals surface area contributed by atoms with Crippen LogP contribution in [0.25, 0.3) is 0 Å². The lowest BCUT2D eigenvalue weighted by atomic mass is 10.0. The number of benzene rings is 2. The van der Waals surface area contributed by atoms with Gasteiger partial charge in [0.15, 0.2) is 0 Å². The molecule has 2 N–H and O–H groups in total. The summed E-state index contributed by atoms with van der Waals surface area (Å²) in [6.45, 7) is 4.55. The van der Waals surface area contributed by atoms with Crippen LogP contribution in [0, 0.1) is 5.41 Å².